The van der Waals surface area contributed by atoms with E-state index in [9.17, 15) is 24.6 Å². The first kappa shape index (κ1) is 28.5. The zero-order valence-corrected chi connectivity index (χ0v) is 24.1. The second kappa shape index (κ2) is 9.29. The van der Waals surface area contributed by atoms with Gasteiger partial charge in [-0.3, -0.25) is 14.4 Å². The molecule has 6 nitrogen and oxygen atoms in total. The molecule has 0 unspecified atom stereocenters. The molecule has 0 aromatic carbocycles. The van der Waals surface area contributed by atoms with E-state index in [2.05, 4.69) is 41.5 Å². The molecule has 4 aliphatic carbocycles. The van der Waals surface area contributed by atoms with Gasteiger partial charge in [0.15, 0.2) is 5.78 Å². The van der Waals surface area contributed by atoms with Gasteiger partial charge in [-0.25, -0.2) is 0 Å². The molecular weight excluding hydrogens is 468 g/mol. The van der Waals surface area contributed by atoms with Gasteiger partial charge in [-0.15, -0.1) is 0 Å². The number of ether oxygens (including phenoxy) is 1. The third-order valence-electron chi connectivity index (χ3n) is 12.0. The van der Waals surface area contributed by atoms with E-state index < -0.39 is 22.9 Å². The van der Waals surface area contributed by atoms with Crippen LogP contribution < -0.4 is 0 Å². The summed E-state index contributed by atoms with van der Waals surface area (Å²) in [7, 11) is 1.33. The molecule has 0 heterocycles. The normalized spacial score (nSPS) is 42.4. The van der Waals surface area contributed by atoms with Crippen molar-refractivity contribution < 1.29 is 29.3 Å². The van der Waals surface area contributed by atoms with Crippen molar-refractivity contribution in [1.29, 1.82) is 0 Å². The number of carbonyl (C=O) groups is 3. The average molecular weight is 517 g/mol. The maximum atomic E-state index is 14.1. The summed E-state index contributed by atoms with van der Waals surface area (Å²) in [5.74, 6) is -0.388. The average Bonchev–Trinajstić information content (AvgIpc) is 3.02. The van der Waals surface area contributed by atoms with E-state index >= 15 is 0 Å². The second-order valence-electron chi connectivity index (χ2n) is 14.2. The fourth-order valence-corrected chi connectivity index (χ4v) is 9.65. The molecule has 0 radical (unpaired) electrons. The molecule has 2 fully saturated rings. The number of carbonyl (C=O) groups excluding carboxylic acids is 3. The largest absolute Gasteiger partial charge is 0.469 e. The summed E-state index contributed by atoms with van der Waals surface area (Å²) in [4.78, 5) is 38.8. The summed E-state index contributed by atoms with van der Waals surface area (Å²) in [6, 6.07) is 0. The predicted molar refractivity (Wildman–Crippen MR) is 141 cm³/mol. The lowest BCUT2D eigenvalue weighted by Crippen LogP contribution is -2.58. The molecule has 0 amide bonds. The number of hydrogen-bond acceptors (Lipinski definition) is 6. The van der Waals surface area contributed by atoms with E-state index in [4.69, 9.17) is 4.74 Å². The van der Waals surface area contributed by atoms with Crippen molar-refractivity contribution in [2.24, 2.45) is 45.3 Å². The minimum Gasteiger partial charge on any atom is -0.469 e. The zero-order chi connectivity index (χ0) is 27.7. The van der Waals surface area contributed by atoms with Gasteiger partial charge in [0.25, 0.3) is 0 Å². The van der Waals surface area contributed by atoms with Crippen LogP contribution in [0.15, 0.2) is 11.1 Å². The summed E-state index contributed by atoms with van der Waals surface area (Å²) in [5, 5.41) is 22.5. The molecule has 0 spiro atoms. The summed E-state index contributed by atoms with van der Waals surface area (Å²) in [5.41, 5.74) is 0.569. The van der Waals surface area contributed by atoms with Gasteiger partial charge < -0.3 is 14.9 Å². The van der Waals surface area contributed by atoms with Crippen LogP contribution in [0.1, 0.15) is 99.8 Å². The molecule has 0 aliphatic heterocycles. The highest BCUT2D eigenvalue weighted by Crippen LogP contribution is 2.71. The Morgan fingerprint density at radius 1 is 1.03 bits per heavy atom. The van der Waals surface area contributed by atoms with Gasteiger partial charge in [0, 0.05) is 30.3 Å². The quantitative estimate of drug-likeness (QED) is 0.480. The minimum atomic E-state index is -0.575. The lowest BCUT2D eigenvalue weighted by Gasteiger charge is -2.61. The third kappa shape index (κ3) is 3.99. The molecule has 2 saturated carbocycles. The van der Waals surface area contributed by atoms with Crippen molar-refractivity contribution in [2.45, 2.75) is 112 Å². The molecule has 0 bridgehead atoms. The monoisotopic (exact) mass is 516 g/mol. The molecule has 0 aromatic heterocycles. The van der Waals surface area contributed by atoms with E-state index in [1.807, 2.05) is 0 Å². The number of allylic oxidation sites excluding steroid dienone is 1. The van der Waals surface area contributed by atoms with Crippen LogP contribution >= 0.6 is 0 Å². The second-order valence-corrected chi connectivity index (χ2v) is 14.2. The Kier molecular flexibility index (Phi) is 7.15. The lowest BCUT2D eigenvalue weighted by atomic mass is 9.43. The number of fused-ring (bicyclic) bond motifs is 4. The standard InChI is InChI=1S/C31H48O6/c1-17(13-19(32)14-18(2)27(36)37-8)21-15-25(35)31(7)20-9-10-23-28(3,4)24(34)11-12-29(23,5)26(20)22(33)16-30(21,31)6/h17-18,21,23-25,34-35H,9-16H2,1-8H3/t17-,18+,21+,23+,24-,25-,29-,30+,31+/m0/s1. The van der Waals surface area contributed by atoms with E-state index in [1.54, 1.807) is 6.92 Å². The molecule has 0 aromatic rings. The highest BCUT2D eigenvalue weighted by atomic mass is 16.5. The maximum absolute atomic E-state index is 14.1. The van der Waals surface area contributed by atoms with Gasteiger partial charge in [0.05, 0.1) is 25.2 Å². The molecule has 4 rings (SSSR count). The Bertz CT molecular complexity index is 1010. The van der Waals surface area contributed by atoms with Crippen LogP contribution in [0.5, 0.6) is 0 Å². The fourth-order valence-electron chi connectivity index (χ4n) is 9.65. The van der Waals surface area contributed by atoms with Crippen LogP contribution in [0, 0.1) is 45.3 Å². The first-order valence-corrected chi connectivity index (χ1v) is 14.3. The predicted octanol–water partition coefficient (Wildman–Crippen LogP) is 5.04. The number of hydrogen-bond donors (Lipinski definition) is 2. The van der Waals surface area contributed by atoms with Gasteiger partial charge in [0.1, 0.15) is 5.78 Å². The van der Waals surface area contributed by atoms with Crippen molar-refractivity contribution in [2.75, 3.05) is 7.11 Å². The topological polar surface area (TPSA) is 101 Å². The van der Waals surface area contributed by atoms with Crippen LogP contribution in [0.25, 0.3) is 0 Å². The number of ketones is 2. The Balaban J connectivity index is 1.66. The Labute approximate surface area is 222 Å². The lowest BCUT2D eigenvalue weighted by molar-refractivity contribution is -0.146. The van der Waals surface area contributed by atoms with Crippen LogP contribution in [-0.4, -0.2) is 47.1 Å². The van der Waals surface area contributed by atoms with Crippen LogP contribution in [0.3, 0.4) is 0 Å². The summed E-state index contributed by atoms with van der Waals surface area (Å²) >= 11 is 0. The van der Waals surface area contributed by atoms with Crippen molar-refractivity contribution in [3.05, 3.63) is 11.1 Å². The summed E-state index contributed by atoms with van der Waals surface area (Å²) < 4.78 is 4.78. The number of Topliss-reactive ketones (excluding diaryl/α,β-unsaturated/α-hetero) is 2. The van der Waals surface area contributed by atoms with Crippen LogP contribution in [0.2, 0.25) is 0 Å². The third-order valence-corrected chi connectivity index (χ3v) is 12.0. The first-order valence-electron chi connectivity index (χ1n) is 14.3. The maximum Gasteiger partial charge on any atom is 0.308 e. The van der Waals surface area contributed by atoms with Crippen LogP contribution in [0.4, 0.5) is 0 Å². The van der Waals surface area contributed by atoms with Gasteiger partial charge in [-0.1, -0.05) is 54.0 Å². The molecule has 0 saturated heterocycles. The molecular formula is C31H48O6. The number of rotatable bonds is 6. The molecule has 6 heteroatoms. The number of aliphatic hydroxyl groups excluding tert-OH is 2. The minimum absolute atomic E-state index is 0.00976. The van der Waals surface area contributed by atoms with Gasteiger partial charge in [0.2, 0.25) is 0 Å². The highest BCUT2D eigenvalue weighted by Gasteiger charge is 2.68. The smallest absolute Gasteiger partial charge is 0.308 e. The van der Waals surface area contributed by atoms with E-state index in [0.717, 1.165) is 30.4 Å². The Hall–Kier alpha value is -1.53. The van der Waals surface area contributed by atoms with E-state index in [-0.39, 0.29) is 58.6 Å². The van der Waals surface area contributed by atoms with Crippen molar-refractivity contribution in [3.8, 4) is 0 Å². The molecule has 37 heavy (non-hydrogen) atoms. The number of methoxy groups -OCH3 is 1. The van der Waals surface area contributed by atoms with Crippen LogP contribution in [-0.2, 0) is 19.1 Å². The summed E-state index contributed by atoms with van der Waals surface area (Å²) in [6.07, 6.45) is 3.66. The van der Waals surface area contributed by atoms with Gasteiger partial charge in [-0.05, 0) is 66.1 Å². The first-order chi connectivity index (χ1) is 17.1. The fraction of sp³-hybridized carbons (Fsp3) is 0.839. The molecule has 9 atom stereocenters. The SMILES string of the molecule is COC(=O)[C@H](C)CC(=O)C[C@H](C)[C@H]1C[C@H](O)[C@@]2(C)C3=C(C(=O)C[C@]12C)[C@@]1(C)CC[C@H](O)C(C)(C)[C@H]1CC3. The number of esters is 1. The van der Waals surface area contributed by atoms with Crippen molar-refractivity contribution in [3.63, 3.8) is 0 Å². The Morgan fingerprint density at radius 2 is 1.68 bits per heavy atom. The molecule has 208 valence electrons. The zero-order valence-electron chi connectivity index (χ0n) is 24.1. The molecule has 2 N–H and O–H groups in total. The van der Waals surface area contributed by atoms with Crippen molar-refractivity contribution in [1.82, 2.24) is 0 Å². The molecule has 4 aliphatic rings. The highest BCUT2D eigenvalue weighted by molar-refractivity contribution is 6.00. The van der Waals surface area contributed by atoms with E-state index in [0.29, 0.717) is 25.7 Å². The van der Waals surface area contributed by atoms with Crippen molar-refractivity contribution >= 4 is 17.5 Å². The van der Waals surface area contributed by atoms with Gasteiger partial charge in [-0.2, -0.15) is 0 Å². The van der Waals surface area contributed by atoms with E-state index in [1.165, 1.54) is 7.11 Å². The van der Waals surface area contributed by atoms with Gasteiger partial charge >= 0.3 is 5.97 Å². The summed E-state index contributed by atoms with van der Waals surface area (Å²) in [6.45, 7) is 14.6. The number of aliphatic hydroxyl groups is 2. The Morgan fingerprint density at radius 3 is 2.30 bits per heavy atom.